The van der Waals surface area contributed by atoms with Crippen molar-refractivity contribution in [3.63, 3.8) is 0 Å². The second-order valence-corrected chi connectivity index (χ2v) is 11.6. The molecule has 0 amide bonds. The van der Waals surface area contributed by atoms with E-state index in [0.29, 0.717) is 37.2 Å². The highest BCUT2D eigenvalue weighted by Crippen LogP contribution is 2.73. The van der Waals surface area contributed by atoms with Crippen LogP contribution in [0.3, 0.4) is 0 Å². The minimum Gasteiger partial charge on any atom is -0.458 e. The summed E-state index contributed by atoms with van der Waals surface area (Å²) in [6.45, 7) is 10.4. The summed E-state index contributed by atoms with van der Waals surface area (Å²) < 4.78 is 11.9. The maximum atomic E-state index is 12.6. The van der Waals surface area contributed by atoms with E-state index in [-0.39, 0.29) is 42.4 Å². The second-order valence-electron chi connectivity index (χ2n) is 11.1. The van der Waals surface area contributed by atoms with Gasteiger partial charge in [-0.1, -0.05) is 41.0 Å². The van der Waals surface area contributed by atoms with Crippen LogP contribution in [0.25, 0.3) is 0 Å². The van der Waals surface area contributed by atoms with Gasteiger partial charge in [-0.3, -0.25) is 0 Å². The molecule has 2 heterocycles. The van der Waals surface area contributed by atoms with Gasteiger partial charge < -0.3 is 24.8 Å². The van der Waals surface area contributed by atoms with Crippen molar-refractivity contribution in [2.45, 2.75) is 95.5 Å². The van der Waals surface area contributed by atoms with Gasteiger partial charge in [-0.05, 0) is 49.0 Å². The predicted molar refractivity (Wildman–Crippen MR) is 121 cm³/mol. The third-order valence-corrected chi connectivity index (χ3v) is 9.57. The Bertz CT molecular complexity index is 793. The Balaban J connectivity index is 1.89. The maximum Gasteiger partial charge on any atom is 0.337 e. The van der Waals surface area contributed by atoms with E-state index < -0.39 is 28.7 Å². The molecule has 6 nitrogen and oxygen atoms in total. The number of carbonyl (C=O) groups is 1. The number of cyclic esters (lactones) is 1. The van der Waals surface area contributed by atoms with Gasteiger partial charge in [0.05, 0.1) is 17.1 Å². The second kappa shape index (κ2) is 8.23. The van der Waals surface area contributed by atoms with Gasteiger partial charge in [0, 0.05) is 17.9 Å². The Morgan fingerprint density at radius 1 is 1.28 bits per heavy atom. The average Bonchev–Trinajstić information content (AvgIpc) is 3.39. The van der Waals surface area contributed by atoms with Crippen LogP contribution in [0.1, 0.15) is 66.7 Å². The van der Waals surface area contributed by atoms with E-state index in [1.807, 2.05) is 6.92 Å². The zero-order chi connectivity index (χ0) is 23.6. The van der Waals surface area contributed by atoms with Crippen LogP contribution >= 0.6 is 11.6 Å². The molecular formula is C25H39ClO6. The number of esters is 1. The van der Waals surface area contributed by atoms with Crippen LogP contribution in [-0.2, 0) is 14.3 Å². The summed E-state index contributed by atoms with van der Waals surface area (Å²) in [5.41, 5.74) is -1.67. The molecule has 9 atom stereocenters. The molecule has 1 saturated heterocycles. The minimum atomic E-state index is -1.29. The summed E-state index contributed by atoms with van der Waals surface area (Å²) in [6.07, 6.45) is 1.69. The first kappa shape index (κ1) is 24.5. The van der Waals surface area contributed by atoms with Gasteiger partial charge in [0.2, 0.25) is 0 Å². The summed E-state index contributed by atoms with van der Waals surface area (Å²) in [6, 6.07) is 0. The average molecular weight is 471 g/mol. The SMILES string of the molecule is CCC(CO)[C@]1(O)[C@H](CC)CC2C3=C(C(=O)OC3)[C@@H](O)C[C@]2(C)[C@@]12O[C@H]2C(Cl)CC(C)C. The first-order chi connectivity index (χ1) is 15.0. The zero-order valence-electron chi connectivity index (χ0n) is 19.9. The van der Waals surface area contributed by atoms with E-state index in [4.69, 9.17) is 21.1 Å². The zero-order valence-corrected chi connectivity index (χ0v) is 20.7. The molecule has 3 unspecified atom stereocenters. The number of fused-ring (bicyclic) bond motifs is 3. The van der Waals surface area contributed by atoms with E-state index in [0.717, 1.165) is 12.0 Å². The van der Waals surface area contributed by atoms with Crippen molar-refractivity contribution in [1.82, 2.24) is 0 Å². The summed E-state index contributed by atoms with van der Waals surface area (Å²) in [5.74, 6) is -0.616. The number of hydrogen-bond acceptors (Lipinski definition) is 6. The highest BCUT2D eigenvalue weighted by molar-refractivity contribution is 6.21. The number of alkyl halides is 1. The molecule has 32 heavy (non-hydrogen) atoms. The van der Waals surface area contributed by atoms with E-state index in [9.17, 15) is 20.1 Å². The first-order valence-corrected chi connectivity index (χ1v) is 12.7. The Morgan fingerprint density at radius 3 is 2.53 bits per heavy atom. The smallest absolute Gasteiger partial charge is 0.337 e. The Hall–Kier alpha value is -0.660. The molecule has 2 aliphatic heterocycles. The highest BCUT2D eigenvalue weighted by atomic mass is 35.5. The van der Waals surface area contributed by atoms with Gasteiger partial charge in [0.15, 0.2) is 0 Å². The molecule has 2 aliphatic carbocycles. The molecule has 0 aromatic carbocycles. The first-order valence-electron chi connectivity index (χ1n) is 12.3. The van der Waals surface area contributed by atoms with Crippen LogP contribution in [0.2, 0.25) is 0 Å². The quantitative estimate of drug-likeness (QED) is 0.300. The Kier molecular flexibility index (Phi) is 6.29. The van der Waals surface area contributed by atoms with Crippen LogP contribution in [0.5, 0.6) is 0 Å². The molecule has 3 N–H and O–H groups in total. The summed E-state index contributed by atoms with van der Waals surface area (Å²) in [7, 11) is 0. The molecule has 7 heteroatoms. The standard InChI is InChI=1S/C25H39ClO6/c1-6-14-9-17-16-12-31-22(29)20(16)19(28)10-23(17,5)25(24(14,30)15(7-2)11-27)21(32-25)18(26)8-13(3)4/h13-15,17-19,21,27-28,30H,6-12H2,1-5H3/t14-,15?,17?,18?,19+,21+,23+,24-,25-/m1/s1. The Morgan fingerprint density at radius 2 is 1.97 bits per heavy atom. The Labute approximate surface area is 196 Å². The molecule has 182 valence electrons. The summed E-state index contributed by atoms with van der Waals surface area (Å²) in [4.78, 5) is 12.4. The van der Waals surface area contributed by atoms with Crippen molar-refractivity contribution < 1.29 is 29.6 Å². The van der Waals surface area contributed by atoms with E-state index in [1.165, 1.54) is 0 Å². The number of aliphatic hydroxyl groups is 3. The van der Waals surface area contributed by atoms with Gasteiger partial charge in [-0.15, -0.1) is 11.6 Å². The van der Waals surface area contributed by atoms with Gasteiger partial charge >= 0.3 is 5.97 Å². The van der Waals surface area contributed by atoms with Gasteiger partial charge in [0.1, 0.15) is 23.9 Å². The van der Waals surface area contributed by atoms with Crippen LogP contribution < -0.4 is 0 Å². The lowest BCUT2D eigenvalue weighted by Gasteiger charge is -2.61. The fourth-order valence-electron chi connectivity index (χ4n) is 7.68. The molecule has 4 aliphatic rings. The van der Waals surface area contributed by atoms with E-state index in [1.54, 1.807) is 0 Å². The monoisotopic (exact) mass is 470 g/mol. The van der Waals surface area contributed by atoms with Gasteiger partial charge in [0.25, 0.3) is 0 Å². The largest absolute Gasteiger partial charge is 0.458 e. The number of epoxide rings is 1. The molecule has 0 bridgehead atoms. The number of carbonyl (C=O) groups excluding carboxylic acids is 1. The molecule has 4 rings (SSSR count). The topological polar surface area (TPSA) is 99.5 Å². The minimum absolute atomic E-state index is 0.0540. The molecule has 0 aromatic heterocycles. The summed E-state index contributed by atoms with van der Waals surface area (Å²) >= 11 is 6.92. The fourth-order valence-corrected chi connectivity index (χ4v) is 8.27. The molecule has 1 spiro atoms. The van der Waals surface area contributed by atoms with Crippen LogP contribution in [0.4, 0.5) is 0 Å². The van der Waals surface area contributed by atoms with E-state index >= 15 is 0 Å². The highest BCUT2D eigenvalue weighted by Gasteiger charge is 2.84. The fraction of sp³-hybridized carbons (Fsp3) is 0.880. The lowest BCUT2D eigenvalue weighted by Crippen LogP contribution is -2.71. The van der Waals surface area contributed by atoms with Crippen LogP contribution in [0, 0.1) is 29.1 Å². The number of rotatable bonds is 7. The molecule has 0 radical (unpaired) electrons. The summed E-state index contributed by atoms with van der Waals surface area (Å²) in [5, 5.41) is 33.7. The number of halogens is 1. The normalized spacial score (nSPS) is 45.0. The van der Waals surface area contributed by atoms with Gasteiger partial charge in [-0.2, -0.15) is 0 Å². The van der Waals surface area contributed by atoms with Crippen molar-refractivity contribution in [2.24, 2.45) is 29.1 Å². The van der Waals surface area contributed by atoms with E-state index in [2.05, 4.69) is 27.7 Å². The number of ether oxygens (including phenoxy) is 2. The van der Waals surface area contributed by atoms with Crippen molar-refractivity contribution in [3.05, 3.63) is 11.1 Å². The van der Waals surface area contributed by atoms with Crippen molar-refractivity contribution in [1.29, 1.82) is 0 Å². The molecular weight excluding hydrogens is 432 g/mol. The number of hydrogen-bond donors (Lipinski definition) is 3. The third kappa shape index (κ3) is 3.02. The lowest BCUT2D eigenvalue weighted by molar-refractivity contribution is -0.220. The van der Waals surface area contributed by atoms with Crippen molar-refractivity contribution >= 4 is 17.6 Å². The molecule has 1 saturated carbocycles. The maximum absolute atomic E-state index is 12.6. The van der Waals surface area contributed by atoms with Gasteiger partial charge in [-0.25, -0.2) is 4.79 Å². The van der Waals surface area contributed by atoms with Crippen molar-refractivity contribution in [2.75, 3.05) is 13.2 Å². The van der Waals surface area contributed by atoms with Crippen LogP contribution in [0.15, 0.2) is 11.1 Å². The number of aliphatic hydroxyl groups excluding tert-OH is 2. The third-order valence-electron chi connectivity index (χ3n) is 9.16. The molecule has 2 fully saturated rings. The predicted octanol–water partition coefficient (Wildman–Crippen LogP) is 3.20. The lowest BCUT2D eigenvalue weighted by atomic mass is 9.43. The van der Waals surface area contributed by atoms with Crippen LogP contribution in [-0.4, -0.2) is 63.3 Å². The molecule has 0 aromatic rings. The van der Waals surface area contributed by atoms with Crippen molar-refractivity contribution in [3.8, 4) is 0 Å².